The maximum Gasteiger partial charge on any atom is 0.258 e. The summed E-state index contributed by atoms with van der Waals surface area (Å²) in [7, 11) is -3.49. The zero-order valence-corrected chi connectivity index (χ0v) is 10.6. The second kappa shape index (κ2) is 4.72. The van der Waals surface area contributed by atoms with Crippen LogP contribution in [0.4, 0.5) is 0 Å². The van der Waals surface area contributed by atoms with E-state index in [0.717, 1.165) is 18.4 Å². The maximum atomic E-state index is 12.0. The number of nitrogens with zero attached hydrogens (tertiary/aromatic N) is 1. The Balaban J connectivity index is 2.12. The van der Waals surface area contributed by atoms with E-state index in [4.69, 9.17) is 5.73 Å². The van der Waals surface area contributed by atoms with E-state index in [0.29, 0.717) is 12.5 Å². The molecule has 0 bridgehead atoms. The third kappa shape index (κ3) is 3.02. The molecule has 1 aromatic heterocycles. The fraction of sp³-hybridized carbons (Fsp3) is 0.545. The lowest BCUT2D eigenvalue weighted by molar-refractivity contribution is 0.535. The summed E-state index contributed by atoms with van der Waals surface area (Å²) >= 11 is 0. The van der Waals surface area contributed by atoms with Gasteiger partial charge in [0.05, 0.1) is 0 Å². The van der Waals surface area contributed by atoms with Gasteiger partial charge in [0.2, 0.25) is 0 Å². The summed E-state index contributed by atoms with van der Waals surface area (Å²) in [6.45, 7) is 2.25. The Bertz CT molecular complexity index is 480. The van der Waals surface area contributed by atoms with Crippen LogP contribution in [-0.2, 0) is 16.6 Å². The number of hydrogen-bond acceptors (Lipinski definition) is 4. The van der Waals surface area contributed by atoms with Crippen LogP contribution in [0, 0.1) is 5.92 Å². The van der Waals surface area contributed by atoms with Gasteiger partial charge in [0.15, 0.2) is 5.03 Å². The third-order valence-corrected chi connectivity index (χ3v) is 4.45. The van der Waals surface area contributed by atoms with Gasteiger partial charge in [0, 0.05) is 18.8 Å². The SMILES string of the molecule is CC(NS(=O)(=O)c1ccc(CN)cn1)C1CC1. The highest BCUT2D eigenvalue weighted by Gasteiger charge is 2.31. The van der Waals surface area contributed by atoms with Crippen molar-refractivity contribution in [2.45, 2.75) is 37.4 Å². The minimum atomic E-state index is -3.49. The van der Waals surface area contributed by atoms with Gasteiger partial charge in [-0.3, -0.25) is 0 Å². The summed E-state index contributed by atoms with van der Waals surface area (Å²) in [6, 6.07) is 3.16. The van der Waals surface area contributed by atoms with Crippen LogP contribution in [-0.4, -0.2) is 19.4 Å². The highest BCUT2D eigenvalue weighted by Crippen LogP contribution is 2.32. The summed E-state index contributed by atoms with van der Waals surface area (Å²) in [5.41, 5.74) is 6.25. The zero-order chi connectivity index (χ0) is 12.5. The van der Waals surface area contributed by atoms with Gasteiger partial charge >= 0.3 is 0 Å². The molecule has 1 aliphatic carbocycles. The Labute approximate surface area is 101 Å². The average molecular weight is 255 g/mol. The van der Waals surface area contributed by atoms with Crippen LogP contribution in [0.3, 0.4) is 0 Å². The number of nitrogens with two attached hydrogens (primary N) is 1. The smallest absolute Gasteiger partial charge is 0.258 e. The minimum absolute atomic E-state index is 0.0176. The van der Waals surface area contributed by atoms with Crippen LogP contribution in [0.2, 0.25) is 0 Å². The molecule has 0 amide bonds. The Morgan fingerprint density at radius 1 is 1.53 bits per heavy atom. The number of pyridine rings is 1. The molecule has 0 spiro atoms. The molecule has 1 atom stereocenters. The van der Waals surface area contributed by atoms with Crippen LogP contribution in [0.25, 0.3) is 0 Å². The molecule has 94 valence electrons. The second-order valence-electron chi connectivity index (χ2n) is 4.46. The number of aromatic nitrogens is 1. The van der Waals surface area contributed by atoms with Gasteiger partial charge in [-0.2, -0.15) is 0 Å². The maximum absolute atomic E-state index is 12.0. The molecule has 17 heavy (non-hydrogen) atoms. The van der Waals surface area contributed by atoms with Crippen molar-refractivity contribution in [2.24, 2.45) is 11.7 Å². The van der Waals surface area contributed by atoms with E-state index in [1.54, 1.807) is 6.07 Å². The lowest BCUT2D eigenvalue weighted by atomic mass is 10.2. The predicted octanol–water partition coefficient (Wildman–Crippen LogP) is 0.617. The molecular formula is C11H17N3O2S. The lowest BCUT2D eigenvalue weighted by Gasteiger charge is -2.12. The summed E-state index contributed by atoms with van der Waals surface area (Å²) in [4.78, 5) is 3.92. The van der Waals surface area contributed by atoms with Crippen LogP contribution < -0.4 is 10.5 Å². The molecule has 1 aliphatic rings. The molecule has 2 rings (SSSR count). The largest absolute Gasteiger partial charge is 0.326 e. The topological polar surface area (TPSA) is 85.1 Å². The quantitative estimate of drug-likeness (QED) is 0.807. The summed E-state index contributed by atoms with van der Waals surface area (Å²) in [6.07, 6.45) is 3.70. The molecule has 0 saturated heterocycles. The van der Waals surface area contributed by atoms with Crippen molar-refractivity contribution in [3.8, 4) is 0 Å². The molecular weight excluding hydrogens is 238 g/mol. The first-order valence-electron chi connectivity index (χ1n) is 5.70. The number of nitrogens with one attached hydrogen (secondary N) is 1. The molecule has 0 aromatic carbocycles. The zero-order valence-electron chi connectivity index (χ0n) is 9.76. The van der Waals surface area contributed by atoms with E-state index < -0.39 is 10.0 Å². The van der Waals surface area contributed by atoms with Gasteiger partial charge in [0.25, 0.3) is 10.0 Å². The summed E-state index contributed by atoms with van der Waals surface area (Å²) < 4.78 is 26.6. The average Bonchev–Trinajstić information content (AvgIpc) is 3.12. The van der Waals surface area contributed by atoms with E-state index in [1.807, 2.05) is 6.92 Å². The van der Waals surface area contributed by atoms with Crippen molar-refractivity contribution in [1.29, 1.82) is 0 Å². The standard InChI is InChI=1S/C11H17N3O2S/c1-8(10-3-4-10)14-17(15,16)11-5-2-9(6-12)7-13-11/h2,5,7-8,10,14H,3-4,6,12H2,1H3. The molecule has 1 aromatic rings. The molecule has 5 nitrogen and oxygen atoms in total. The van der Waals surface area contributed by atoms with Gasteiger partial charge in [-0.1, -0.05) is 6.07 Å². The highest BCUT2D eigenvalue weighted by atomic mass is 32.2. The molecule has 1 unspecified atom stereocenters. The van der Waals surface area contributed by atoms with E-state index in [2.05, 4.69) is 9.71 Å². The molecule has 1 saturated carbocycles. The minimum Gasteiger partial charge on any atom is -0.326 e. The van der Waals surface area contributed by atoms with Crippen molar-refractivity contribution in [3.05, 3.63) is 23.9 Å². The van der Waals surface area contributed by atoms with Crippen molar-refractivity contribution in [3.63, 3.8) is 0 Å². The van der Waals surface area contributed by atoms with E-state index in [1.165, 1.54) is 12.3 Å². The van der Waals surface area contributed by atoms with Gasteiger partial charge in [-0.25, -0.2) is 18.1 Å². The number of hydrogen-bond donors (Lipinski definition) is 2. The molecule has 0 radical (unpaired) electrons. The molecule has 1 fully saturated rings. The van der Waals surface area contributed by atoms with E-state index in [9.17, 15) is 8.42 Å². The first-order chi connectivity index (χ1) is 8.03. The lowest BCUT2D eigenvalue weighted by Crippen LogP contribution is -2.34. The second-order valence-corrected chi connectivity index (χ2v) is 6.12. The van der Waals surface area contributed by atoms with Crippen LogP contribution in [0.1, 0.15) is 25.3 Å². The first-order valence-corrected chi connectivity index (χ1v) is 7.18. The van der Waals surface area contributed by atoms with E-state index >= 15 is 0 Å². The summed E-state index contributed by atoms with van der Waals surface area (Å²) in [5, 5.41) is 0.0576. The van der Waals surface area contributed by atoms with E-state index in [-0.39, 0.29) is 11.1 Å². The normalized spacial score (nSPS) is 18.0. The van der Waals surface area contributed by atoms with Gasteiger partial charge < -0.3 is 5.73 Å². The van der Waals surface area contributed by atoms with Crippen LogP contribution in [0.5, 0.6) is 0 Å². The van der Waals surface area contributed by atoms with Crippen molar-refractivity contribution < 1.29 is 8.42 Å². The monoisotopic (exact) mass is 255 g/mol. The number of rotatable bonds is 5. The molecule has 6 heteroatoms. The van der Waals surface area contributed by atoms with Crippen molar-refractivity contribution in [1.82, 2.24) is 9.71 Å². The Kier molecular flexibility index (Phi) is 3.46. The summed E-state index contributed by atoms with van der Waals surface area (Å²) in [5.74, 6) is 0.480. The highest BCUT2D eigenvalue weighted by molar-refractivity contribution is 7.89. The Morgan fingerprint density at radius 2 is 2.24 bits per heavy atom. The molecule has 0 aliphatic heterocycles. The fourth-order valence-electron chi connectivity index (χ4n) is 1.69. The Hall–Kier alpha value is -0.980. The van der Waals surface area contributed by atoms with Gasteiger partial charge in [0.1, 0.15) is 0 Å². The molecule has 1 heterocycles. The van der Waals surface area contributed by atoms with Crippen LogP contribution in [0.15, 0.2) is 23.4 Å². The van der Waals surface area contributed by atoms with Gasteiger partial charge in [-0.05, 0) is 37.3 Å². The van der Waals surface area contributed by atoms with Gasteiger partial charge in [-0.15, -0.1) is 0 Å². The number of sulfonamides is 1. The first kappa shape index (κ1) is 12.5. The Morgan fingerprint density at radius 3 is 2.71 bits per heavy atom. The van der Waals surface area contributed by atoms with Crippen molar-refractivity contribution >= 4 is 10.0 Å². The fourth-order valence-corrected chi connectivity index (χ4v) is 2.93. The predicted molar refractivity (Wildman–Crippen MR) is 64.6 cm³/mol. The van der Waals surface area contributed by atoms with Crippen molar-refractivity contribution in [2.75, 3.05) is 0 Å². The van der Waals surface area contributed by atoms with Crippen LogP contribution >= 0.6 is 0 Å². The molecule has 3 N–H and O–H groups in total. The third-order valence-electron chi connectivity index (χ3n) is 2.98.